The number of fused-ring (bicyclic) bond motifs is 1. The van der Waals surface area contributed by atoms with Crippen molar-refractivity contribution in [1.82, 2.24) is 9.88 Å². The van der Waals surface area contributed by atoms with Crippen LogP contribution in [0.2, 0.25) is 0 Å². The molecule has 0 saturated carbocycles. The molecule has 0 bridgehead atoms. The number of aromatic nitrogens is 1. The molecule has 1 amide bonds. The lowest BCUT2D eigenvalue weighted by molar-refractivity contribution is 0.0765. The van der Waals surface area contributed by atoms with Crippen molar-refractivity contribution in [2.45, 2.75) is 12.5 Å². The number of benzene rings is 2. The number of amides is 1. The van der Waals surface area contributed by atoms with Crippen molar-refractivity contribution >= 4 is 34.4 Å². The number of H-pyrrole nitrogens is 1. The van der Waals surface area contributed by atoms with Gasteiger partial charge in [-0.2, -0.15) is 5.10 Å². The van der Waals surface area contributed by atoms with Crippen LogP contribution in [-0.2, 0) is 0 Å². The molecule has 8 nitrogen and oxygen atoms in total. The van der Waals surface area contributed by atoms with Gasteiger partial charge in [-0.1, -0.05) is 0 Å². The van der Waals surface area contributed by atoms with Gasteiger partial charge < -0.3 is 20.8 Å². The normalized spacial score (nSPS) is 17.0. The van der Waals surface area contributed by atoms with Crippen molar-refractivity contribution in [2.24, 2.45) is 15.9 Å². The number of aliphatic hydroxyl groups is 1. The number of rotatable bonds is 4. The third-order valence-electron chi connectivity index (χ3n) is 5.12. The molecule has 0 radical (unpaired) electrons. The highest BCUT2D eigenvalue weighted by Crippen LogP contribution is 2.18. The molecule has 1 aliphatic rings. The minimum absolute atomic E-state index is 0.124. The highest BCUT2D eigenvalue weighted by Gasteiger charge is 2.25. The first-order valence-electron chi connectivity index (χ1n) is 9.67. The Morgan fingerprint density at radius 1 is 1.23 bits per heavy atom. The maximum absolute atomic E-state index is 13.5. The van der Waals surface area contributed by atoms with Crippen LogP contribution in [0.1, 0.15) is 22.3 Å². The van der Waals surface area contributed by atoms with Crippen LogP contribution in [0.15, 0.2) is 63.4 Å². The summed E-state index contributed by atoms with van der Waals surface area (Å²) in [6.07, 6.45) is 1.44. The molecule has 1 aromatic heterocycles. The maximum atomic E-state index is 13.5. The van der Waals surface area contributed by atoms with Crippen LogP contribution >= 0.6 is 0 Å². The molecule has 0 spiro atoms. The van der Waals surface area contributed by atoms with Gasteiger partial charge in [0.05, 0.1) is 23.6 Å². The zero-order valence-corrected chi connectivity index (χ0v) is 16.5. The summed E-state index contributed by atoms with van der Waals surface area (Å²) in [5.74, 6) is 4.88. The van der Waals surface area contributed by atoms with E-state index < -0.39 is 17.5 Å². The number of nitrogens with zero attached hydrogens (tertiary/aromatic N) is 3. The summed E-state index contributed by atoms with van der Waals surface area (Å²) in [5, 5.41) is 13.7. The number of pyridine rings is 1. The molecule has 9 heteroatoms. The number of likely N-dealkylation sites (tertiary alicyclic amines) is 1. The molecular weight excluding hydrogens is 401 g/mol. The third-order valence-corrected chi connectivity index (χ3v) is 5.12. The molecule has 4 N–H and O–H groups in total. The van der Waals surface area contributed by atoms with Crippen LogP contribution in [0.4, 0.5) is 10.1 Å². The van der Waals surface area contributed by atoms with Gasteiger partial charge in [0, 0.05) is 29.6 Å². The fourth-order valence-electron chi connectivity index (χ4n) is 3.47. The van der Waals surface area contributed by atoms with E-state index >= 15 is 0 Å². The quantitative estimate of drug-likeness (QED) is 0.338. The van der Waals surface area contributed by atoms with Crippen molar-refractivity contribution in [2.75, 3.05) is 13.1 Å². The van der Waals surface area contributed by atoms with E-state index in [0.717, 1.165) is 0 Å². The minimum Gasteiger partial charge on any atom is -0.391 e. The zero-order chi connectivity index (χ0) is 22.0. The first kappa shape index (κ1) is 20.4. The number of nitrogens with two attached hydrogens (primary N) is 1. The molecule has 3 aromatic rings. The van der Waals surface area contributed by atoms with Crippen molar-refractivity contribution in [1.29, 1.82) is 0 Å². The SMILES string of the molecule is NN=C(C=Nc1ccc(C(=O)N2CCC(O)C2)cc1)c1cc2cc(F)ccc2[nH]c1=O. The number of hydrogen-bond acceptors (Lipinski definition) is 6. The molecule has 158 valence electrons. The average Bonchev–Trinajstić information content (AvgIpc) is 3.21. The van der Waals surface area contributed by atoms with Gasteiger partial charge in [0.1, 0.15) is 11.5 Å². The van der Waals surface area contributed by atoms with E-state index in [1.807, 2.05) is 0 Å². The molecule has 1 fully saturated rings. The molecule has 31 heavy (non-hydrogen) atoms. The van der Waals surface area contributed by atoms with Gasteiger partial charge in [-0.15, -0.1) is 0 Å². The zero-order valence-electron chi connectivity index (χ0n) is 16.5. The van der Waals surface area contributed by atoms with Crippen molar-refractivity contribution in [3.05, 3.63) is 75.8 Å². The Labute approximate surface area is 176 Å². The summed E-state index contributed by atoms with van der Waals surface area (Å²) >= 11 is 0. The van der Waals surface area contributed by atoms with Crippen LogP contribution < -0.4 is 11.4 Å². The lowest BCUT2D eigenvalue weighted by atomic mass is 10.1. The molecule has 2 aromatic carbocycles. The van der Waals surface area contributed by atoms with Gasteiger partial charge >= 0.3 is 0 Å². The van der Waals surface area contributed by atoms with Crippen LogP contribution in [0.25, 0.3) is 10.9 Å². The predicted molar refractivity (Wildman–Crippen MR) is 116 cm³/mol. The van der Waals surface area contributed by atoms with Crippen molar-refractivity contribution < 1.29 is 14.3 Å². The molecule has 4 rings (SSSR count). The van der Waals surface area contributed by atoms with E-state index in [1.54, 1.807) is 29.2 Å². The third kappa shape index (κ3) is 4.36. The Morgan fingerprint density at radius 3 is 2.68 bits per heavy atom. The number of β-amino-alcohol motifs (C(OH)–C–C–N with tert-alkyl or cyclic N) is 1. The smallest absolute Gasteiger partial charge is 0.258 e. The molecule has 1 atom stereocenters. The molecule has 1 saturated heterocycles. The molecular formula is C22H20FN5O3. The summed E-state index contributed by atoms with van der Waals surface area (Å²) in [7, 11) is 0. The van der Waals surface area contributed by atoms with Crippen LogP contribution in [-0.4, -0.2) is 52.0 Å². The first-order valence-corrected chi connectivity index (χ1v) is 9.67. The summed E-state index contributed by atoms with van der Waals surface area (Å²) in [6, 6.07) is 12.1. The number of nitrogens with one attached hydrogen (secondary N) is 1. The van der Waals surface area contributed by atoms with E-state index in [9.17, 15) is 19.1 Å². The second-order valence-electron chi connectivity index (χ2n) is 7.26. The second kappa shape index (κ2) is 8.49. The number of hydrogen-bond donors (Lipinski definition) is 3. The highest BCUT2D eigenvalue weighted by atomic mass is 19.1. The largest absolute Gasteiger partial charge is 0.391 e. The maximum Gasteiger partial charge on any atom is 0.258 e. The number of aliphatic imine (C=N–C) groups is 1. The number of halogens is 1. The van der Waals surface area contributed by atoms with Gasteiger partial charge in [0.15, 0.2) is 0 Å². The van der Waals surface area contributed by atoms with E-state index in [0.29, 0.717) is 41.7 Å². The molecule has 0 aliphatic carbocycles. The van der Waals surface area contributed by atoms with Crippen LogP contribution in [0.3, 0.4) is 0 Å². The lowest BCUT2D eigenvalue weighted by Gasteiger charge is -2.15. The van der Waals surface area contributed by atoms with Crippen LogP contribution in [0.5, 0.6) is 0 Å². The van der Waals surface area contributed by atoms with Crippen molar-refractivity contribution in [3.63, 3.8) is 0 Å². The number of aliphatic hydroxyl groups excluding tert-OH is 1. The standard InChI is InChI=1S/C22H20FN5O3/c23-15-3-6-19-14(9-15)10-18(21(30)26-19)20(27-24)11-25-16-4-1-13(2-5-16)22(31)28-8-7-17(29)12-28/h1-6,9-11,17,29H,7-8,12,24H2,(H,26,30). The van der Waals surface area contributed by atoms with E-state index in [1.165, 1.54) is 30.5 Å². The van der Waals surface area contributed by atoms with Gasteiger partial charge in [0.25, 0.3) is 11.5 Å². The predicted octanol–water partition coefficient (Wildman–Crippen LogP) is 1.94. The van der Waals surface area contributed by atoms with E-state index in [2.05, 4.69) is 15.1 Å². The summed E-state index contributed by atoms with van der Waals surface area (Å²) in [4.78, 5) is 33.4. The topological polar surface area (TPSA) is 124 Å². The fraction of sp³-hybridized carbons (Fsp3) is 0.182. The van der Waals surface area contributed by atoms with Crippen LogP contribution in [0, 0.1) is 5.82 Å². The Hall–Kier alpha value is -3.85. The Balaban J connectivity index is 1.54. The Morgan fingerprint density at radius 2 is 2.00 bits per heavy atom. The van der Waals surface area contributed by atoms with Gasteiger partial charge in [-0.05, 0) is 55.0 Å². The molecule has 1 aliphatic heterocycles. The number of carbonyl (C=O) groups is 1. The first-order chi connectivity index (χ1) is 14.9. The van der Waals surface area contributed by atoms with Crippen molar-refractivity contribution in [3.8, 4) is 0 Å². The van der Waals surface area contributed by atoms with E-state index in [-0.39, 0.29) is 17.2 Å². The summed E-state index contributed by atoms with van der Waals surface area (Å²) in [6.45, 7) is 0.861. The Bertz CT molecular complexity index is 1250. The monoisotopic (exact) mass is 421 g/mol. The second-order valence-corrected chi connectivity index (χ2v) is 7.26. The highest BCUT2D eigenvalue weighted by molar-refractivity contribution is 6.38. The van der Waals surface area contributed by atoms with E-state index in [4.69, 9.17) is 5.84 Å². The fourth-order valence-corrected chi connectivity index (χ4v) is 3.47. The minimum atomic E-state index is -0.475. The van der Waals surface area contributed by atoms with Gasteiger partial charge in [-0.25, -0.2) is 4.39 Å². The molecule has 2 heterocycles. The summed E-state index contributed by atoms with van der Waals surface area (Å²) < 4.78 is 13.5. The lowest BCUT2D eigenvalue weighted by Crippen LogP contribution is -2.29. The van der Waals surface area contributed by atoms with Gasteiger partial charge in [0.2, 0.25) is 0 Å². The average molecular weight is 421 g/mol. The molecule has 1 unspecified atom stereocenters. The summed E-state index contributed by atoms with van der Waals surface area (Å²) in [5.41, 5.74) is 1.37. The Kier molecular flexibility index (Phi) is 5.59. The number of aromatic amines is 1. The van der Waals surface area contributed by atoms with Gasteiger partial charge in [-0.3, -0.25) is 14.6 Å². The number of carbonyl (C=O) groups excluding carboxylic acids is 1. The number of hydrazone groups is 1.